The van der Waals surface area contributed by atoms with Crippen LogP contribution in [0.1, 0.15) is 34.1 Å². The molecule has 108 valence electrons. The van der Waals surface area contributed by atoms with Gasteiger partial charge >= 0.3 is 12.1 Å². The molecule has 0 aromatic rings. The van der Waals surface area contributed by atoms with Gasteiger partial charge in [0.2, 0.25) is 0 Å². The summed E-state index contributed by atoms with van der Waals surface area (Å²) in [5.41, 5.74) is -0.358. The number of carbonyl (C=O) groups is 2. The van der Waals surface area contributed by atoms with Crippen molar-refractivity contribution in [1.29, 1.82) is 0 Å². The number of allylic oxidation sites excluding steroid dienone is 1. The number of likely N-dealkylation sites (tertiary alicyclic amines) is 1. The Morgan fingerprint density at radius 3 is 2.47 bits per heavy atom. The van der Waals surface area contributed by atoms with E-state index >= 15 is 0 Å². The number of nitrogens with zero attached hydrogens (tertiary/aromatic N) is 1. The molecule has 1 saturated heterocycles. The van der Waals surface area contributed by atoms with Crippen LogP contribution < -0.4 is 0 Å². The van der Waals surface area contributed by atoms with Crippen LogP contribution >= 0.6 is 0 Å². The average molecular weight is 271 g/mol. The van der Waals surface area contributed by atoms with Crippen molar-refractivity contribution < 1.29 is 24.5 Å². The largest absolute Gasteiger partial charge is 0.479 e. The van der Waals surface area contributed by atoms with E-state index in [1.54, 1.807) is 26.8 Å². The van der Waals surface area contributed by atoms with Gasteiger partial charge in [0.15, 0.2) is 6.04 Å². The number of rotatable bonds is 2. The molecule has 1 fully saturated rings. The summed E-state index contributed by atoms with van der Waals surface area (Å²) in [7, 11) is 0. The molecular formula is C13H21NO5. The first-order chi connectivity index (χ1) is 8.67. The Morgan fingerprint density at radius 1 is 1.47 bits per heavy atom. The highest BCUT2D eigenvalue weighted by atomic mass is 16.6. The molecule has 0 aliphatic carbocycles. The number of carboxylic acids is 1. The predicted octanol–water partition coefficient (Wildman–Crippen LogP) is 1.39. The van der Waals surface area contributed by atoms with Gasteiger partial charge in [-0.25, -0.2) is 9.59 Å². The number of carbonyl (C=O) groups excluding carboxylic acids is 1. The molecule has 19 heavy (non-hydrogen) atoms. The normalized spacial score (nSPS) is 25.7. The third kappa shape index (κ3) is 3.70. The van der Waals surface area contributed by atoms with Crippen molar-refractivity contribution in [2.45, 2.75) is 51.9 Å². The van der Waals surface area contributed by atoms with Gasteiger partial charge in [-0.1, -0.05) is 13.0 Å². The zero-order valence-electron chi connectivity index (χ0n) is 11.7. The van der Waals surface area contributed by atoms with E-state index in [0.29, 0.717) is 12.0 Å². The first kappa shape index (κ1) is 15.5. The maximum Gasteiger partial charge on any atom is 0.411 e. The predicted molar refractivity (Wildman–Crippen MR) is 68.7 cm³/mol. The fourth-order valence-electron chi connectivity index (χ4n) is 2.02. The highest BCUT2D eigenvalue weighted by Gasteiger charge is 2.44. The summed E-state index contributed by atoms with van der Waals surface area (Å²) in [6.45, 7) is 6.90. The van der Waals surface area contributed by atoms with Gasteiger partial charge < -0.3 is 14.9 Å². The number of hydrogen-bond donors (Lipinski definition) is 2. The molecule has 0 unspecified atom stereocenters. The molecule has 1 aliphatic heterocycles. The number of aliphatic hydroxyl groups is 1. The molecule has 0 saturated carbocycles. The minimum Gasteiger partial charge on any atom is -0.479 e. The zero-order valence-corrected chi connectivity index (χ0v) is 11.7. The number of hydrogen-bond acceptors (Lipinski definition) is 4. The number of amides is 1. The quantitative estimate of drug-likeness (QED) is 0.741. The van der Waals surface area contributed by atoms with Crippen LogP contribution in [0.4, 0.5) is 4.79 Å². The molecule has 2 N–H and O–H groups in total. The van der Waals surface area contributed by atoms with Crippen molar-refractivity contribution in [2.75, 3.05) is 6.54 Å². The Kier molecular flexibility index (Phi) is 4.57. The topological polar surface area (TPSA) is 87.1 Å². The maximum atomic E-state index is 12.0. The summed E-state index contributed by atoms with van der Waals surface area (Å²) >= 11 is 0. The first-order valence-corrected chi connectivity index (χ1v) is 6.27. The zero-order chi connectivity index (χ0) is 14.8. The highest BCUT2D eigenvalue weighted by Crippen LogP contribution is 2.27. The molecule has 1 rings (SSSR count). The minimum absolute atomic E-state index is 0.0578. The van der Waals surface area contributed by atoms with Crippen molar-refractivity contribution in [2.24, 2.45) is 0 Å². The minimum atomic E-state index is -1.16. The molecule has 1 amide bonds. The van der Waals surface area contributed by atoms with Gasteiger partial charge in [0.05, 0.1) is 12.6 Å². The van der Waals surface area contributed by atoms with Crippen LogP contribution in [-0.2, 0) is 9.53 Å². The van der Waals surface area contributed by atoms with E-state index in [1.807, 2.05) is 6.92 Å². The summed E-state index contributed by atoms with van der Waals surface area (Å²) in [5.74, 6) is -1.16. The van der Waals surface area contributed by atoms with Crippen molar-refractivity contribution in [3.63, 3.8) is 0 Å². The van der Waals surface area contributed by atoms with Crippen LogP contribution in [0.25, 0.3) is 0 Å². The molecule has 6 heteroatoms. The lowest BCUT2D eigenvalue weighted by Gasteiger charge is -2.26. The summed E-state index contributed by atoms with van der Waals surface area (Å²) < 4.78 is 5.16. The van der Waals surface area contributed by atoms with E-state index in [2.05, 4.69) is 0 Å². The van der Waals surface area contributed by atoms with Crippen LogP contribution in [0.5, 0.6) is 0 Å². The van der Waals surface area contributed by atoms with E-state index in [-0.39, 0.29) is 6.54 Å². The Hall–Kier alpha value is -1.56. The number of aliphatic carboxylic acids is 1. The number of β-amino-alcohol motifs (C(OH)–C–C–N with tert-alkyl or cyclic N) is 1. The molecule has 2 atom stereocenters. The molecule has 0 bridgehead atoms. The van der Waals surface area contributed by atoms with E-state index in [0.717, 1.165) is 4.90 Å². The number of carboxylic acid groups (broad SMARTS) is 1. The molecule has 6 nitrogen and oxygen atoms in total. The third-order valence-electron chi connectivity index (χ3n) is 2.68. The van der Waals surface area contributed by atoms with Gasteiger partial charge in [0.1, 0.15) is 5.60 Å². The van der Waals surface area contributed by atoms with E-state index < -0.39 is 29.8 Å². The molecule has 0 radical (unpaired) electrons. The van der Waals surface area contributed by atoms with E-state index in [1.165, 1.54) is 0 Å². The third-order valence-corrected chi connectivity index (χ3v) is 2.68. The fraction of sp³-hybridized carbons (Fsp3) is 0.692. The van der Waals surface area contributed by atoms with Gasteiger partial charge in [-0.05, 0) is 32.8 Å². The second-order valence-corrected chi connectivity index (χ2v) is 5.50. The molecule has 1 heterocycles. The Balaban J connectivity index is 2.98. The van der Waals surface area contributed by atoms with Crippen LogP contribution in [0.2, 0.25) is 0 Å². The number of ether oxygens (including phenoxy) is 1. The van der Waals surface area contributed by atoms with Crippen LogP contribution in [0, 0.1) is 0 Å². The van der Waals surface area contributed by atoms with Gasteiger partial charge in [0, 0.05) is 0 Å². The summed E-state index contributed by atoms with van der Waals surface area (Å²) in [6.07, 6.45) is 0.568. The lowest BCUT2D eigenvalue weighted by atomic mass is 10.1. The lowest BCUT2D eigenvalue weighted by molar-refractivity contribution is -0.140. The maximum absolute atomic E-state index is 12.0. The van der Waals surface area contributed by atoms with Crippen LogP contribution in [-0.4, -0.2) is 51.5 Å². The van der Waals surface area contributed by atoms with E-state index in [4.69, 9.17) is 4.74 Å². The molecule has 0 aromatic carbocycles. The Morgan fingerprint density at radius 2 is 2.05 bits per heavy atom. The molecule has 1 aliphatic rings. The second-order valence-electron chi connectivity index (χ2n) is 5.50. The highest BCUT2D eigenvalue weighted by molar-refractivity contribution is 5.85. The fourth-order valence-corrected chi connectivity index (χ4v) is 2.02. The Bertz CT molecular complexity index is 396. The average Bonchev–Trinajstić information content (AvgIpc) is 2.54. The lowest BCUT2D eigenvalue weighted by Crippen LogP contribution is -2.43. The summed E-state index contributed by atoms with van der Waals surface area (Å²) in [4.78, 5) is 24.3. The molecule has 0 spiro atoms. The van der Waals surface area contributed by atoms with Crippen molar-refractivity contribution in [3.8, 4) is 0 Å². The first-order valence-electron chi connectivity index (χ1n) is 6.27. The van der Waals surface area contributed by atoms with Crippen LogP contribution in [0.15, 0.2) is 11.6 Å². The van der Waals surface area contributed by atoms with Crippen molar-refractivity contribution in [3.05, 3.63) is 11.6 Å². The molecular weight excluding hydrogens is 250 g/mol. The van der Waals surface area contributed by atoms with Gasteiger partial charge in [-0.15, -0.1) is 0 Å². The van der Waals surface area contributed by atoms with Gasteiger partial charge in [-0.3, -0.25) is 4.90 Å². The smallest absolute Gasteiger partial charge is 0.411 e. The Labute approximate surface area is 112 Å². The SMILES string of the molecule is CC/C=C1\[C@@H](C(=O)O)N(C(=O)OC(C)(C)C)C[C@@H]1O. The second kappa shape index (κ2) is 5.61. The summed E-state index contributed by atoms with van der Waals surface area (Å²) in [5, 5.41) is 19.1. The van der Waals surface area contributed by atoms with Gasteiger partial charge in [-0.2, -0.15) is 0 Å². The number of aliphatic hydroxyl groups excluding tert-OH is 1. The summed E-state index contributed by atoms with van der Waals surface area (Å²) in [6, 6.07) is -1.15. The molecule has 0 aromatic heterocycles. The van der Waals surface area contributed by atoms with Crippen molar-refractivity contribution in [1.82, 2.24) is 4.90 Å². The standard InChI is InChI=1S/C13H21NO5/c1-5-6-8-9(15)7-14(10(8)11(16)17)12(18)19-13(2,3)4/h6,9-10,15H,5,7H2,1-4H3,(H,16,17)/b8-6-/t9-,10-/m0/s1. The monoisotopic (exact) mass is 271 g/mol. The van der Waals surface area contributed by atoms with Crippen LogP contribution in [0.3, 0.4) is 0 Å². The van der Waals surface area contributed by atoms with E-state index in [9.17, 15) is 19.8 Å². The van der Waals surface area contributed by atoms with Crippen molar-refractivity contribution >= 4 is 12.1 Å². The van der Waals surface area contributed by atoms with Gasteiger partial charge in [0.25, 0.3) is 0 Å².